The van der Waals surface area contributed by atoms with Crippen molar-refractivity contribution in [3.8, 4) is 0 Å². The average molecular weight is 385 g/mol. The van der Waals surface area contributed by atoms with Gasteiger partial charge in [0, 0.05) is 67.5 Å². The second-order valence-electron chi connectivity index (χ2n) is 8.49. The second-order valence-corrected chi connectivity index (χ2v) is 9.36. The van der Waals surface area contributed by atoms with Crippen molar-refractivity contribution >= 4 is 16.5 Å². The molecule has 0 spiro atoms. The van der Waals surface area contributed by atoms with Crippen LogP contribution in [0.4, 0.5) is 5.13 Å². The Kier molecular flexibility index (Phi) is 3.71. The number of rotatable bonds is 3. The molecule has 0 radical (unpaired) electrons. The van der Waals surface area contributed by atoms with Crippen molar-refractivity contribution in [3.05, 3.63) is 45.3 Å². The lowest BCUT2D eigenvalue weighted by atomic mass is 9.83. The minimum Gasteiger partial charge on any atom is -0.375 e. The summed E-state index contributed by atoms with van der Waals surface area (Å²) in [6.07, 6.45) is 4.58. The van der Waals surface area contributed by atoms with Gasteiger partial charge in [-0.3, -0.25) is 9.69 Å². The van der Waals surface area contributed by atoms with Crippen LogP contribution in [0.15, 0.2) is 28.5 Å². The lowest BCUT2D eigenvalue weighted by Gasteiger charge is -2.43. The van der Waals surface area contributed by atoms with Gasteiger partial charge < -0.3 is 14.2 Å². The van der Waals surface area contributed by atoms with E-state index in [9.17, 15) is 4.79 Å². The molecule has 4 aliphatic heterocycles. The third-order valence-electron chi connectivity index (χ3n) is 6.76. The number of aromatic nitrogens is 2. The van der Waals surface area contributed by atoms with E-state index in [2.05, 4.69) is 31.5 Å². The number of hydrogen-bond acceptors (Lipinski definition) is 6. The maximum Gasteiger partial charge on any atom is 0.255 e. The fourth-order valence-electron chi connectivity index (χ4n) is 5.53. The highest BCUT2D eigenvalue weighted by molar-refractivity contribution is 7.13. The summed E-state index contributed by atoms with van der Waals surface area (Å²) in [6, 6.07) is 4.80. The fourth-order valence-corrected chi connectivity index (χ4v) is 6.19. The van der Waals surface area contributed by atoms with Gasteiger partial charge in [0.25, 0.3) is 5.56 Å². The Morgan fingerprint density at radius 3 is 2.93 bits per heavy atom. The zero-order valence-electron chi connectivity index (χ0n) is 15.3. The molecule has 142 valence electrons. The molecular formula is C20H24N4O2S. The Morgan fingerprint density at radius 1 is 1.19 bits per heavy atom. The van der Waals surface area contributed by atoms with E-state index in [0.717, 1.165) is 56.4 Å². The first-order valence-electron chi connectivity index (χ1n) is 9.97. The third kappa shape index (κ3) is 2.67. The zero-order valence-corrected chi connectivity index (χ0v) is 16.1. The molecule has 3 saturated heterocycles. The van der Waals surface area contributed by atoms with Gasteiger partial charge in [-0.05, 0) is 24.8 Å². The number of likely N-dealkylation sites (tertiary alicyclic amines) is 1. The SMILES string of the molecule is O=c1c(CN2C[C@H]3C[C@@H]2CO3)ccc2n1C[C@H]1C[C@@H]2CN(c2nccs2)C1. The molecule has 27 heavy (non-hydrogen) atoms. The Labute approximate surface area is 162 Å². The molecule has 6 nitrogen and oxygen atoms in total. The molecule has 0 aliphatic carbocycles. The maximum atomic E-state index is 13.2. The quantitative estimate of drug-likeness (QED) is 0.809. The molecule has 0 saturated carbocycles. The molecule has 6 heterocycles. The normalized spacial score (nSPS) is 32.1. The number of ether oxygens (including phenoxy) is 1. The molecule has 2 aromatic rings. The summed E-state index contributed by atoms with van der Waals surface area (Å²) in [5.41, 5.74) is 2.39. The van der Waals surface area contributed by atoms with Crippen LogP contribution in [0.1, 0.15) is 30.0 Å². The van der Waals surface area contributed by atoms with Gasteiger partial charge in [-0.2, -0.15) is 0 Å². The largest absolute Gasteiger partial charge is 0.375 e. The first-order chi connectivity index (χ1) is 13.2. The lowest BCUT2D eigenvalue weighted by Crippen LogP contribution is -2.48. The van der Waals surface area contributed by atoms with Crippen LogP contribution >= 0.6 is 11.3 Å². The van der Waals surface area contributed by atoms with Crippen LogP contribution in [0.5, 0.6) is 0 Å². The van der Waals surface area contributed by atoms with E-state index in [1.165, 1.54) is 12.1 Å². The van der Waals surface area contributed by atoms with E-state index in [4.69, 9.17) is 4.74 Å². The minimum atomic E-state index is 0.230. The standard InChI is InChI=1S/C20H24N4O2S/c25-19-14(9-22-11-17-6-16(22)12-26-17)1-2-18-15-5-13(8-24(18)19)7-23(10-15)20-21-3-4-27-20/h1-4,13,15-17H,5-12H2/t13-,15+,16+,17+/m0/s1. The summed E-state index contributed by atoms with van der Waals surface area (Å²) >= 11 is 1.71. The van der Waals surface area contributed by atoms with Gasteiger partial charge in [0.05, 0.1) is 12.7 Å². The van der Waals surface area contributed by atoms with E-state index in [-0.39, 0.29) is 5.56 Å². The predicted octanol–water partition coefficient (Wildman–Crippen LogP) is 1.90. The lowest BCUT2D eigenvalue weighted by molar-refractivity contribution is 0.0271. The van der Waals surface area contributed by atoms with E-state index in [1.807, 2.05) is 11.6 Å². The molecule has 0 amide bonds. The molecule has 2 aromatic heterocycles. The van der Waals surface area contributed by atoms with E-state index in [1.54, 1.807) is 11.3 Å². The molecule has 0 unspecified atom stereocenters. The molecule has 4 atom stereocenters. The molecule has 0 aromatic carbocycles. The van der Waals surface area contributed by atoms with Crippen LogP contribution in [0.25, 0.3) is 0 Å². The summed E-state index contributed by atoms with van der Waals surface area (Å²) < 4.78 is 7.78. The van der Waals surface area contributed by atoms with Crippen LogP contribution in [0.2, 0.25) is 0 Å². The van der Waals surface area contributed by atoms with E-state index < -0.39 is 0 Å². The third-order valence-corrected chi connectivity index (χ3v) is 7.59. The van der Waals surface area contributed by atoms with Gasteiger partial charge in [-0.15, -0.1) is 11.3 Å². The van der Waals surface area contributed by atoms with Crippen LogP contribution in [-0.4, -0.2) is 52.8 Å². The topological polar surface area (TPSA) is 50.6 Å². The molecule has 4 bridgehead atoms. The molecule has 6 rings (SSSR count). The summed E-state index contributed by atoms with van der Waals surface area (Å²) in [6.45, 7) is 5.39. The number of fused-ring (bicyclic) bond motifs is 6. The van der Waals surface area contributed by atoms with Crippen molar-refractivity contribution in [2.24, 2.45) is 5.92 Å². The highest BCUT2D eigenvalue weighted by Gasteiger charge is 2.40. The monoisotopic (exact) mass is 384 g/mol. The summed E-state index contributed by atoms with van der Waals surface area (Å²) in [4.78, 5) is 22.6. The van der Waals surface area contributed by atoms with Crippen molar-refractivity contribution in [2.45, 2.75) is 44.0 Å². The highest BCUT2D eigenvalue weighted by Crippen LogP contribution is 2.37. The molecule has 7 heteroatoms. The van der Waals surface area contributed by atoms with Crippen molar-refractivity contribution in [3.63, 3.8) is 0 Å². The molecular weight excluding hydrogens is 360 g/mol. The number of piperidine rings is 1. The predicted molar refractivity (Wildman–Crippen MR) is 104 cm³/mol. The summed E-state index contributed by atoms with van der Waals surface area (Å²) in [5, 5.41) is 3.16. The fraction of sp³-hybridized carbons (Fsp3) is 0.600. The Morgan fingerprint density at radius 2 is 2.15 bits per heavy atom. The molecule has 3 fully saturated rings. The average Bonchev–Trinajstić information content (AvgIpc) is 3.42. The first kappa shape index (κ1) is 16.3. The number of morpholine rings is 1. The van der Waals surface area contributed by atoms with E-state index >= 15 is 0 Å². The second kappa shape index (κ2) is 6.15. The number of nitrogens with zero attached hydrogens (tertiary/aromatic N) is 4. The maximum absolute atomic E-state index is 13.2. The van der Waals surface area contributed by atoms with Crippen molar-refractivity contribution < 1.29 is 4.74 Å². The smallest absolute Gasteiger partial charge is 0.255 e. The number of hydrogen-bond donors (Lipinski definition) is 0. The Hall–Kier alpha value is -1.70. The van der Waals surface area contributed by atoms with Gasteiger partial charge in [0.15, 0.2) is 5.13 Å². The Bertz CT molecular complexity index is 911. The van der Waals surface area contributed by atoms with Gasteiger partial charge in [0.2, 0.25) is 0 Å². The van der Waals surface area contributed by atoms with Crippen molar-refractivity contribution in [2.75, 3.05) is 31.1 Å². The van der Waals surface area contributed by atoms with Gasteiger partial charge >= 0.3 is 0 Å². The summed E-state index contributed by atoms with van der Waals surface area (Å²) in [7, 11) is 0. The van der Waals surface area contributed by atoms with Crippen LogP contribution in [0.3, 0.4) is 0 Å². The van der Waals surface area contributed by atoms with Gasteiger partial charge in [-0.1, -0.05) is 6.07 Å². The van der Waals surface area contributed by atoms with Crippen LogP contribution in [0, 0.1) is 5.92 Å². The highest BCUT2D eigenvalue weighted by atomic mass is 32.1. The van der Waals surface area contributed by atoms with Gasteiger partial charge in [0.1, 0.15) is 0 Å². The number of pyridine rings is 1. The van der Waals surface area contributed by atoms with Gasteiger partial charge in [-0.25, -0.2) is 4.98 Å². The van der Waals surface area contributed by atoms with Crippen molar-refractivity contribution in [1.29, 1.82) is 0 Å². The molecule has 0 N–H and O–H groups in total. The summed E-state index contributed by atoms with van der Waals surface area (Å²) in [5.74, 6) is 0.962. The number of anilines is 1. The van der Waals surface area contributed by atoms with E-state index in [0.29, 0.717) is 24.0 Å². The zero-order chi connectivity index (χ0) is 18.0. The Balaban J connectivity index is 1.27. The minimum absolute atomic E-state index is 0.230. The first-order valence-corrected chi connectivity index (χ1v) is 10.9. The number of thiazole rings is 1. The molecule has 4 aliphatic rings. The van der Waals surface area contributed by atoms with Crippen LogP contribution in [-0.2, 0) is 17.8 Å². The van der Waals surface area contributed by atoms with Crippen LogP contribution < -0.4 is 10.5 Å². The van der Waals surface area contributed by atoms with Crippen molar-refractivity contribution in [1.82, 2.24) is 14.5 Å².